The van der Waals surface area contributed by atoms with Gasteiger partial charge in [-0.05, 0) is 54.8 Å². The lowest BCUT2D eigenvalue weighted by atomic mass is 9.90. The SMILES string of the molecule is COc1[nH+]cccc1-c1cccnc1Oc1ccc2c(c1)CCCC2=O. The average Bonchev–Trinajstić information content (AvgIpc) is 2.68. The molecule has 0 unspecified atom stereocenters. The van der Waals surface area contributed by atoms with Gasteiger partial charge in [-0.15, -0.1) is 0 Å². The number of carbonyl (C=O) groups excluding carboxylic acids is 1. The largest absolute Gasteiger partial charge is 0.447 e. The van der Waals surface area contributed by atoms with Crippen molar-refractivity contribution in [3.05, 3.63) is 66.0 Å². The van der Waals surface area contributed by atoms with Gasteiger partial charge in [0.15, 0.2) is 12.0 Å². The minimum atomic E-state index is 0.209. The van der Waals surface area contributed by atoms with Crippen LogP contribution in [0.1, 0.15) is 28.8 Å². The molecule has 130 valence electrons. The number of Topliss-reactive ketones (excluding diaryl/α,β-unsaturated/α-hetero) is 1. The summed E-state index contributed by atoms with van der Waals surface area (Å²) < 4.78 is 11.5. The Labute approximate surface area is 151 Å². The van der Waals surface area contributed by atoms with Crippen molar-refractivity contribution in [2.75, 3.05) is 7.11 Å². The second-order valence-corrected chi connectivity index (χ2v) is 6.17. The maximum Gasteiger partial charge on any atom is 0.374 e. The van der Waals surface area contributed by atoms with Gasteiger partial charge in [-0.3, -0.25) is 4.79 Å². The molecule has 2 heterocycles. The molecule has 1 N–H and O–H groups in total. The van der Waals surface area contributed by atoms with E-state index in [2.05, 4.69) is 9.97 Å². The van der Waals surface area contributed by atoms with Gasteiger partial charge in [0.1, 0.15) is 5.75 Å². The normalized spacial score (nSPS) is 13.2. The lowest BCUT2D eigenvalue weighted by Gasteiger charge is -2.16. The van der Waals surface area contributed by atoms with E-state index in [0.29, 0.717) is 23.9 Å². The maximum absolute atomic E-state index is 12.0. The number of aromatic nitrogens is 2. The summed E-state index contributed by atoms with van der Waals surface area (Å²) >= 11 is 0. The fraction of sp³-hybridized carbons (Fsp3) is 0.190. The van der Waals surface area contributed by atoms with E-state index in [1.165, 1.54) is 0 Å². The van der Waals surface area contributed by atoms with E-state index < -0.39 is 0 Å². The zero-order chi connectivity index (χ0) is 17.9. The van der Waals surface area contributed by atoms with Gasteiger partial charge in [-0.2, -0.15) is 4.98 Å². The molecule has 0 atom stereocenters. The third-order valence-electron chi connectivity index (χ3n) is 4.53. The van der Waals surface area contributed by atoms with Crippen LogP contribution in [0, 0.1) is 0 Å². The van der Waals surface area contributed by atoms with E-state index in [4.69, 9.17) is 9.47 Å². The van der Waals surface area contributed by atoms with Gasteiger partial charge in [-0.25, -0.2) is 4.98 Å². The molecule has 0 fully saturated rings. The number of methoxy groups -OCH3 is 1. The summed E-state index contributed by atoms with van der Waals surface area (Å²) in [6.07, 6.45) is 5.91. The number of ether oxygens (including phenoxy) is 2. The summed E-state index contributed by atoms with van der Waals surface area (Å²) in [6, 6.07) is 13.3. The van der Waals surface area contributed by atoms with Gasteiger partial charge in [0.05, 0.1) is 18.2 Å². The van der Waals surface area contributed by atoms with Gasteiger partial charge < -0.3 is 9.47 Å². The number of benzene rings is 1. The number of nitrogens with one attached hydrogen (secondary N) is 1. The third kappa shape index (κ3) is 3.04. The van der Waals surface area contributed by atoms with Crippen molar-refractivity contribution in [2.24, 2.45) is 0 Å². The number of nitrogens with zero attached hydrogens (tertiary/aromatic N) is 1. The second-order valence-electron chi connectivity index (χ2n) is 6.17. The summed E-state index contributed by atoms with van der Waals surface area (Å²) in [5.41, 5.74) is 3.55. The molecule has 0 saturated carbocycles. The molecule has 4 rings (SSSR count). The van der Waals surface area contributed by atoms with Crippen molar-refractivity contribution >= 4 is 5.78 Å². The van der Waals surface area contributed by atoms with Crippen LogP contribution < -0.4 is 14.5 Å². The zero-order valence-corrected chi connectivity index (χ0v) is 14.5. The quantitative estimate of drug-likeness (QED) is 0.718. The monoisotopic (exact) mass is 347 g/mol. The Morgan fingerprint density at radius 3 is 2.81 bits per heavy atom. The van der Waals surface area contributed by atoms with Crippen LogP contribution in [0.25, 0.3) is 11.1 Å². The Bertz CT molecular complexity index is 969. The summed E-state index contributed by atoms with van der Waals surface area (Å²) in [7, 11) is 1.62. The van der Waals surface area contributed by atoms with E-state index in [1.54, 1.807) is 19.5 Å². The summed E-state index contributed by atoms with van der Waals surface area (Å²) in [5.74, 6) is 2.02. The molecule has 26 heavy (non-hydrogen) atoms. The molecule has 5 heteroatoms. The summed E-state index contributed by atoms with van der Waals surface area (Å²) in [5, 5.41) is 0. The van der Waals surface area contributed by atoms with E-state index in [-0.39, 0.29) is 5.78 Å². The second kappa shape index (κ2) is 6.96. The first kappa shape index (κ1) is 16.3. The number of carbonyl (C=O) groups is 1. The van der Waals surface area contributed by atoms with Crippen molar-refractivity contribution < 1.29 is 19.3 Å². The van der Waals surface area contributed by atoms with E-state index in [9.17, 15) is 4.79 Å². The van der Waals surface area contributed by atoms with Crippen molar-refractivity contribution in [1.82, 2.24) is 4.98 Å². The number of fused-ring (bicyclic) bond motifs is 1. The van der Waals surface area contributed by atoms with Crippen LogP contribution in [0.4, 0.5) is 0 Å². The number of H-pyrrole nitrogens is 1. The lowest BCUT2D eigenvalue weighted by Crippen LogP contribution is -2.10. The molecule has 0 amide bonds. The molecule has 1 aliphatic carbocycles. The zero-order valence-electron chi connectivity index (χ0n) is 14.5. The number of ketones is 1. The fourth-order valence-corrected chi connectivity index (χ4v) is 3.28. The van der Waals surface area contributed by atoms with E-state index in [0.717, 1.165) is 35.1 Å². The highest BCUT2D eigenvalue weighted by molar-refractivity contribution is 5.98. The van der Waals surface area contributed by atoms with Crippen LogP contribution in [0.2, 0.25) is 0 Å². The third-order valence-corrected chi connectivity index (χ3v) is 4.53. The van der Waals surface area contributed by atoms with Crippen molar-refractivity contribution in [3.8, 4) is 28.6 Å². The first-order valence-electron chi connectivity index (χ1n) is 8.60. The number of aromatic amines is 1. The summed E-state index contributed by atoms with van der Waals surface area (Å²) in [4.78, 5) is 19.5. The molecular formula is C21H19N2O3+. The smallest absolute Gasteiger partial charge is 0.374 e. The topological polar surface area (TPSA) is 62.6 Å². The minimum Gasteiger partial charge on any atom is -0.447 e. The Morgan fingerprint density at radius 1 is 1.04 bits per heavy atom. The first-order valence-corrected chi connectivity index (χ1v) is 8.60. The highest BCUT2D eigenvalue weighted by Crippen LogP contribution is 2.35. The van der Waals surface area contributed by atoms with Crippen LogP contribution in [-0.4, -0.2) is 17.9 Å². The Kier molecular flexibility index (Phi) is 4.35. The lowest BCUT2D eigenvalue weighted by molar-refractivity contribution is -0.392. The van der Waals surface area contributed by atoms with Crippen LogP contribution in [-0.2, 0) is 6.42 Å². The molecule has 0 saturated heterocycles. The molecule has 1 aliphatic rings. The number of aryl methyl sites for hydroxylation is 1. The van der Waals surface area contributed by atoms with Crippen LogP contribution >= 0.6 is 0 Å². The Balaban J connectivity index is 1.71. The molecule has 0 spiro atoms. The molecule has 0 bridgehead atoms. The highest BCUT2D eigenvalue weighted by atomic mass is 16.5. The van der Waals surface area contributed by atoms with Gasteiger partial charge in [-0.1, -0.05) is 0 Å². The number of pyridine rings is 2. The number of rotatable bonds is 4. The molecule has 5 nitrogen and oxygen atoms in total. The summed E-state index contributed by atoms with van der Waals surface area (Å²) in [6.45, 7) is 0. The first-order chi connectivity index (χ1) is 12.8. The van der Waals surface area contributed by atoms with Gasteiger partial charge in [0.2, 0.25) is 5.88 Å². The van der Waals surface area contributed by atoms with Gasteiger partial charge in [0.25, 0.3) is 0 Å². The van der Waals surface area contributed by atoms with Crippen LogP contribution in [0.15, 0.2) is 54.9 Å². The van der Waals surface area contributed by atoms with E-state index >= 15 is 0 Å². The minimum absolute atomic E-state index is 0.209. The molecule has 3 aromatic rings. The molecule has 2 aromatic heterocycles. The Hall–Kier alpha value is -3.21. The van der Waals surface area contributed by atoms with Crippen molar-refractivity contribution in [1.29, 1.82) is 0 Å². The molecule has 0 radical (unpaired) electrons. The standard InChI is InChI=1S/C21H18N2O3/c1-25-20-17(6-3-11-22-20)18-7-4-12-23-21(18)26-15-9-10-16-14(13-15)5-2-8-19(16)24/h3-4,6-7,9-13H,2,5,8H2,1H3/p+1. The average molecular weight is 347 g/mol. The molecule has 0 aliphatic heterocycles. The number of hydrogen-bond donors (Lipinski definition) is 0. The van der Waals surface area contributed by atoms with Gasteiger partial charge in [0, 0.05) is 24.2 Å². The van der Waals surface area contributed by atoms with Crippen molar-refractivity contribution in [3.63, 3.8) is 0 Å². The van der Waals surface area contributed by atoms with Crippen LogP contribution in [0.5, 0.6) is 17.5 Å². The predicted molar refractivity (Wildman–Crippen MR) is 96.6 cm³/mol. The van der Waals surface area contributed by atoms with Gasteiger partial charge >= 0.3 is 5.88 Å². The predicted octanol–water partition coefficient (Wildman–Crippen LogP) is 3.88. The van der Waals surface area contributed by atoms with Crippen LogP contribution in [0.3, 0.4) is 0 Å². The fourth-order valence-electron chi connectivity index (χ4n) is 3.28. The highest BCUT2D eigenvalue weighted by Gasteiger charge is 2.20. The Morgan fingerprint density at radius 2 is 1.92 bits per heavy atom. The number of hydrogen-bond acceptors (Lipinski definition) is 4. The van der Waals surface area contributed by atoms with E-state index in [1.807, 2.05) is 42.5 Å². The maximum atomic E-state index is 12.0. The molecule has 1 aromatic carbocycles. The molecular weight excluding hydrogens is 328 g/mol. The van der Waals surface area contributed by atoms with Crippen molar-refractivity contribution in [2.45, 2.75) is 19.3 Å².